The molecule has 1 amide bonds. The van der Waals surface area contributed by atoms with E-state index in [0.717, 1.165) is 16.9 Å². The molecular weight excluding hydrogens is 322 g/mol. The minimum atomic E-state index is -3.67. The average Bonchev–Trinajstić information content (AvgIpc) is 2.50. The van der Waals surface area contributed by atoms with Crippen molar-refractivity contribution in [1.29, 1.82) is 0 Å². The molecule has 128 valence electrons. The van der Waals surface area contributed by atoms with Crippen molar-refractivity contribution in [2.24, 2.45) is 0 Å². The molecule has 0 aliphatic heterocycles. The third-order valence-corrected chi connectivity index (χ3v) is 4.92. The van der Waals surface area contributed by atoms with E-state index in [2.05, 4.69) is 10.3 Å². The van der Waals surface area contributed by atoms with Gasteiger partial charge in [-0.1, -0.05) is 19.8 Å². The molecule has 1 heterocycles. The van der Waals surface area contributed by atoms with Crippen LogP contribution < -0.4 is 5.32 Å². The smallest absolute Gasteiger partial charge is 0.326 e. The molecule has 0 aromatic carbocycles. The number of carboxylic acids is 1. The molecule has 1 aromatic heterocycles. The highest BCUT2D eigenvalue weighted by atomic mass is 32.2. The Labute approximate surface area is 135 Å². The summed E-state index contributed by atoms with van der Waals surface area (Å²) in [5, 5.41) is 11.3. The number of aliphatic carboxylic acids is 1. The molecule has 0 aliphatic carbocycles. The van der Waals surface area contributed by atoms with Gasteiger partial charge in [-0.05, 0) is 18.6 Å². The van der Waals surface area contributed by atoms with Gasteiger partial charge < -0.3 is 10.4 Å². The van der Waals surface area contributed by atoms with E-state index >= 15 is 0 Å². The molecule has 0 aliphatic rings. The number of unbranched alkanes of at least 4 members (excludes halogenated alkanes) is 1. The van der Waals surface area contributed by atoms with Gasteiger partial charge in [0, 0.05) is 20.3 Å². The van der Waals surface area contributed by atoms with Crippen molar-refractivity contribution in [3.05, 3.63) is 23.9 Å². The van der Waals surface area contributed by atoms with Gasteiger partial charge in [-0.15, -0.1) is 0 Å². The summed E-state index contributed by atoms with van der Waals surface area (Å²) in [6.07, 6.45) is 2.94. The van der Waals surface area contributed by atoms with Gasteiger partial charge in [0.2, 0.25) is 0 Å². The third kappa shape index (κ3) is 5.00. The van der Waals surface area contributed by atoms with Gasteiger partial charge in [0.1, 0.15) is 6.04 Å². The van der Waals surface area contributed by atoms with Crippen LogP contribution in [0, 0.1) is 0 Å². The SMILES string of the molecule is CCCCC(NC(=O)c1ccc(S(=O)(=O)N(C)C)nc1)C(=O)O. The first kappa shape index (κ1) is 19.0. The molecule has 1 atom stereocenters. The Morgan fingerprint density at radius 1 is 1.35 bits per heavy atom. The molecule has 1 rings (SSSR count). The summed E-state index contributed by atoms with van der Waals surface area (Å²) in [5.41, 5.74) is 0.102. The number of rotatable bonds is 8. The maximum absolute atomic E-state index is 12.0. The van der Waals surface area contributed by atoms with Crippen molar-refractivity contribution in [3.8, 4) is 0 Å². The number of carbonyl (C=O) groups excluding carboxylic acids is 1. The second-order valence-electron chi connectivity index (χ2n) is 5.18. The van der Waals surface area contributed by atoms with Crippen molar-refractivity contribution < 1.29 is 23.1 Å². The van der Waals surface area contributed by atoms with E-state index in [0.29, 0.717) is 12.8 Å². The summed E-state index contributed by atoms with van der Waals surface area (Å²) in [5.74, 6) is -1.71. The summed E-state index contributed by atoms with van der Waals surface area (Å²) >= 11 is 0. The molecular formula is C14H21N3O5S. The van der Waals surface area contributed by atoms with E-state index in [4.69, 9.17) is 5.11 Å². The van der Waals surface area contributed by atoms with Gasteiger partial charge in [-0.3, -0.25) is 4.79 Å². The number of hydrogen-bond acceptors (Lipinski definition) is 5. The van der Waals surface area contributed by atoms with Gasteiger partial charge in [-0.25, -0.2) is 22.5 Å². The average molecular weight is 343 g/mol. The second-order valence-corrected chi connectivity index (χ2v) is 7.28. The number of sulfonamides is 1. The number of carboxylic acid groups (broad SMARTS) is 1. The van der Waals surface area contributed by atoms with Crippen molar-refractivity contribution >= 4 is 21.9 Å². The monoisotopic (exact) mass is 343 g/mol. The molecule has 2 N–H and O–H groups in total. The largest absolute Gasteiger partial charge is 0.480 e. The lowest BCUT2D eigenvalue weighted by molar-refractivity contribution is -0.139. The Hall–Kier alpha value is -2.00. The number of hydrogen-bond donors (Lipinski definition) is 2. The van der Waals surface area contributed by atoms with Crippen molar-refractivity contribution in [2.45, 2.75) is 37.3 Å². The molecule has 1 aromatic rings. The zero-order valence-corrected chi connectivity index (χ0v) is 14.1. The fraction of sp³-hybridized carbons (Fsp3) is 0.500. The lowest BCUT2D eigenvalue weighted by Crippen LogP contribution is -2.40. The minimum Gasteiger partial charge on any atom is -0.480 e. The van der Waals surface area contributed by atoms with Crippen molar-refractivity contribution in [2.75, 3.05) is 14.1 Å². The van der Waals surface area contributed by atoms with Crippen LogP contribution in [0.3, 0.4) is 0 Å². The van der Waals surface area contributed by atoms with Gasteiger partial charge in [-0.2, -0.15) is 0 Å². The van der Waals surface area contributed by atoms with Crippen LogP contribution in [-0.2, 0) is 14.8 Å². The number of carbonyl (C=O) groups is 2. The van der Waals surface area contributed by atoms with E-state index in [1.54, 1.807) is 0 Å². The molecule has 1 unspecified atom stereocenters. The highest BCUT2D eigenvalue weighted by molar-refractivity contribution is 7.89. The molecule has 8 nitrogen and oxygen atoms in total. The van der Waals surface area contributed by atoms with Crippen LogP contribution in [0.15, 0.2) is 23.4 Å². The standard InChI is InChI=1S/C14H21N3O5S/c1-4-5-6-11(14(19)20)16-13(18)10-7-8-12(15-9-10)23(21,22)17(2)3/h7-9,11H,4-6H2,1-3H3,(H,16,18)(H,19,20). The van der Waals surface area contributed by atoms with Crippen LogP contribution in [0.4, 0.5) is 0 Å². The van der Waals surface area contributed by atoms with Crippen LogP contribution >= 0.6 is 0 Å². The van der Waals surface area contributed by atoms with E-state index < -0.39 is 27.9 Å². The molecule has 0 bridgehead atoms. The van der Waals surface area contributed by atoms with E-state index in [-0.39, 0.29) is 10.6 Å². The Morgan fingerprint density at radius 2 is 2.00 bits per heavy atom. The molecule has 0 spiro atoms. The Kier molecular flexibility index (Phi) is 6.64. The Balaban J connectivity index is 2.87. The van der Waals surface area contributed by atoms with Crippen molar-refractivity contribution in [1.82, 2.24) is 14.6 Å². The van der Waals surface area contributed by atoms with Gasteiger partial charge in [0.25, 0.3) is 15.9 Å². The topological polar surface area (TPSA) is 117 Å². The molecule has 9 heteroatoms. The zero-order valence-electron chi connectivity index (χ0n) is 13.3. The van der Waals surface area contributed by atoms with E-state index in [1.807, 2.05) is 6.92 Å². The summed E-state index contributed by atoms with van der Waals surface area (Å²) < 4.78 is 24.8. The predicted octanol–water partition coefficient (Wildman–Crippen LogP) is 0.705. The zero-order chi connectivity index (χ0) is 17.6. The molecule has 0 radical (unpaired) electrons. The first-order chi connectivity index (χ1) is 10.7. The van der Waals surface area contributed by atoms with Crippen LogP contribution in [0.5, 0.6) is 0 Å². The van der Waals surface area contributed by atoms with Gasteiger partial charge in [0.15, 0.2) is 5.03 Å². The van der Waals surface area contributed by atoms with E-state index in [1.165, 1.54) is 26.2 Å². The number of nitrogens with one attached hydrogen (secondary N) is 1. The number of aromatic nitrogens is 1. The maximum atomic E-state index is 12.0. The fourth-order valence-electron chi connectivity index (χ4n) is 1.76. The summed E-state index contributed by atoms with van der Waals surface area (Å²) in [6.45, 7) is 1.93. The third-order valence-electron chi connectivity index (χ3n) is 3.19. The molecule has 23 heavy (non-hydrogen) atoms. The van der Waals surface area contributed by atoms with Crippen LogP contribution in [0.25, 0.3) is 0 Å². The quantitative estimate of drug-likeness (QED) is 0.718. The first-order valence-corrected chi connectivity index (χ1v) is 8.56. The Morgan fingerprint density at radius 3 is 2.43 bits per heavy atom. The van der Waals surface area contributed by atoms with Crippen LogP contribution in [0.2, 0.25) is 0 Å². The summed E-state index contributed by atoms with van der Waals surface area (Å²) in [7, 11) is -0.916. The van der Waals surface area contributed by atoms with Crippen LogP contribution in [0.1, 0.15) is 36.5 Å². The van der Waals surface area contributed by atoms with Crippen molar-refractivity contribution in [3.63, 3.8) is 0 Å². The van der Waals surface area contributed by atoms with Gasteiger partial charge in [0.05, 0.1) is 5.56 Å². The normalized spacial score (nSPS) is 12.9. The Bertz CT molecular complexity index is 655. The molecule has 0 saturated carbocycles. The number of nitrogens with zero attached hydrogens (tertiary/aromatic N) is 2. The summed E-state index contributed by atoms with van der Waals surface area (Å²) in [6, 6.07) is 1.54. The minimum absolute atomic E-state index is 0.102. The van der Waals surface area contributed by atoms with Gasteiger partial charge >= 0.3 is 5.97 Å². The lowest BCUT2D eigenvalue weighted by Gasteiger charge is -2.14. The molecule has 0 saturated heterocycles. The fourth-order valence-corrected chi connectivity index (χ4v) is 2.56. The van der Waals surface area contributed by atoms with Crippen LogP contribution in [-0.4, -0.2) is 54.8 Å². The first-order valence-electron chi connectivity index (χ1n) is 7.12. The lowest BCUT2D eigenvalue weighted by atomic mass is 10.1. The maximum Gasteiger partial charge on any atom is 0.326 e. The second kappa shape index (κ2) is 8.02. The number of pyridine rings is 1. The summed E-state index contributed by atoms with van der Waals surface area (Å²) in [4.78, 5) is 26.9. The number of amides is 1. The highest BCUT2D eigenvalue weighted by Gasteiger charge is 2.22. The predicted molar refractivity (Wildman–Crippen MR) is 83.5 cm³/mol. The molecule has 0 fully saturated rings. The highest BCUT2D eigenvalue weighted by Crippen LogP contribution is 2.11. The van der Waals surface area contributed by atoms with E-state index in [9.17, 15) is 18.0 Å².